The number of aromatic nitrogens is 1. The lowest BCUT2D eigenvalue weighted by Gasteiger charge is -2.13. The third kappa shape index (κ3) is 1.25. The number of nitrogens with two attached hydrogens (primary N) is 1. The first-order chi connectivity index (χ1) is 4.72. The molecule has 0 spiro atoms. The summed E-state index contributed by atoms with van der Waals surface area (Å²) in [5, 5.41) is 1.56. The molecule has 1 heterocycles. The Balaban J connectivity index is 3.03. The molecule has 2 N–H and O–H groups in total. The van der Waals surface area contributed by atoms with Gasteiger partial charge in [-0.25, -0.2) is 5.84 Å². The van der Waals surface area contributed by atoms with E-state index in [-0.39, 0.29) is 0 Å². The average Bonchev–Trinajstić information content (AvgIpc) is 1.88. The van der Waals surface area contributed by atoms with Gasteiger partial charge in [-0.15, -0.1) is 0 Å². The third-order valence-electron chi connectivity index (χ3n) is 1.39. The highest BCUT2D eigenvalue weighted by molar-refractivity contribution is 5.48. The molecule has 0 atom stereocenters. The molecule has 1 aromatic rings. The van der Waals surface area contributed by atoms with Gasteiger partial charge in [-0.05, 0) is 18.6 Å². The van der Waals surface area contributed by atoms with Gasteiger partial charge in [0.15, 0.2) is 0 Å². The van der Waals surface area contributed by atoms with Crippen LogP contribution in [0.15, 0.2) is 18.5 Å². The Kier molecular flexibility index (Phi) is 1.87. The van der Waals surface area contributed by atoms with Gasteiger partial charge in [-0.1, -0.05) is 0 Å². The SMILES string of the molecule is Cc1ccncc1N(C)N. The van der Waals surface area contributed by atoms with E-state index in [1.165, 1.54) is 0 Å². The average molecular weight is 137 g/mol. The Morgan fingerprint density at radius 2 is 2.30 bits per heavy atom. The first-order valence-electron chi connectivity index (χ1n) is 3.11. The number of rotatable bonds is 1. The normalized spacial score (nSPS) is 9.50. The van der Waals surface area contributed by atoms with E-state index in [4.69, 9.17) is 5.84 Å². The van der Waals surface area contributed by atoms with Crippen LogP contribution >= 0.6 is 0 Å². The van der Waals surface area contributed by atoms with Gasteiger partial charge in [0.2, 0.25) is 0 Å². The van der Waals surface area contributed by atoms with Crippen molar-refractivity contribution in [3.63, 3.8) is 0 Å². The fraction of sp³-hybridized carbons (Fsp3) is 0.286. The molecule has 0 radical (unpaired) electrons. The standard InChI is InChI=1S/C7H11N3/c1-6-3-4-9-5-7(6)10(2)8/h3-5H,8H2,1-2H3. The highest BCUT2D eigenvalue weighted by atomic mass is 15.4. The van der Waals surface area contributed by atoms with E-state index >= 15 is 0 Å². The third-order valence-corrected chi connectivity index (χ3v) is 1.39. The zero-order chi connectivity index (χ0) is 7.56. The predicted octanol–water partition coefficient (Wildman–Crippen LogP) is 0.700. The molecule has 0 bridgehead atoms. The maximum Gasteiger partial charge on any atom is 0.0726 e. The van der Waals surface area contributed by atoms with Crippen molar-refractivity contribution >= 4 is 5.69 Å². The second kappa shape index (κ2) is 2.66. The Hall–Kier alpha value is -1.09. The number of hydrogen-bond acceptors (Lipinski definition) is 3. The zero-order valence-corrected chi connectivity index (χ0v) is 6.20. The summed E-state index contributed by atoms with van der Waals surface area (Å²) in [4.78, 5) is 3.95. The molecule has 1 aromatic heterocycles. The highest BCUT2D eigenvalue weighted by Gasteiger charge is 1.97. The van der Waals surface area contributed by atoms with Crippen LogP contribution in [0.2, 0.25) is 0 Å². The minimum atomic E-state index is 0.961. The monoisotopic (exact) mass is 137 g/mol. The smallest absolute Gasteiger partial charge is 0.0726 e. The van der Waals surface area contributed by atoms with Crippen molar-refractivity contribution in [3.05, 3.63) is 24.0 Å². The van der Waals surface area contributed by atoms with Crippen LogP contribution in [0.1, 0.15) is 5.56 Å². The van der Waals surface area contributed by atoms with Gasteiger partial charge in [0.05, 0.1) is 11.9 Å². The quantitative estimate of drug-likeness (QED) is 0.457. The molecule has 0 aliphatic carbocycles. The van der Waals surface area contributed by atoms with Crippen molar-refractivity contribution in [1.29, 1.82) is 0 Å². The lowest BCUT2D eigenvalue weighted by Crippen LogP contribution is -2.25. The van der Waals surface area contributed by atoms with Crippen molar-refractivity contribution in [1.82, 2.24) is 4.98 Å². The lowest BCUT2D eigenvalue weighted by atomic mass is 10.2. The van der Waals surface area contributed by atoms with Crippen LogP contribution in [0, 0.1) is 6.92 Å². The number of hydrogen-bond donors (Lipinski definition) is 1. The second-order valence-electron chi connectivity index (χ2n) is 2.27. The zero-order valence-electron chi connectivity index (χ0n) is 6.20. The molecule has 0 saturated heterocycles. The molecular formula is C7H11N3. The summed E-state index contributed by atoms with van der Waals surface area (Å²) in [7, 11) is 1.80. The Morgan fingerprint density at radius 3 is 2.70 bits per heavy atom. The maximum absolute atomic E-state index is 5.51. The van der Waals surface area contributed by atoms with Gasteiger partial charge in [-0.3, -0.25) is 4.98 Å². The largest absolute Gasteiger partial charge is 0.312 e. The van der Waals surface area contributed by atoms with E-state index in [9.17, 15) is 0 Å². The molecule has 0 unspecified atom stereocenters. The minimum absolute atomic E-state index is 0.961. The van der Waals surface area contributed by atoms with E-state index < -0.39 is 0 Å². The number of anilines is 1. The molecule has 1 rings (SSSR count). The molecule has 3 heteroatoms. The lowest BCUT2D eigenvalue weighted by molar-refractivity contribution is 0.996. The summed E-state index contributed by atoms with van der Waals surface area (Å²) in [6.07, 6.45) is 3.50. The topological polar surface area (TPSA) is 42.2 Å². The van der Waals surface area contributed by atoms with Gasteiger partial charge >= 0.3 is 0 Å². The molecule has 54 valence electrons. The fourth-order valence-corrected chi connectivity index (χ4v) is 0.825. The van der Waals surface area contributed by atoms with Crippen LogP contribution < -0.4 is 10.9 Å². The maximum atomic E-state index is 5.51. The summed E-state index contributed by atoms with van der Waals surface area (Å²) in [6.45, 7) is 2.00. The minimum Gasteiger partial charge on any atom is -0.312 e. The van der Waals surface area contributed by atoms with Crippen molar-refractivity contribution in [2.75, 3.05) is 12.1 Å². The first-order valence-corrected chi connectivity index (χ1v) is 3.11. The van der Waals surface area contributed by atoms with E-state index in [1.54, 1.807) is 24.5 Å². The Bertz CT molecular complexity index is 220. The molecule has 0 aliphatic rings. The molecular weight excluding hydrogens is 126 g/mol. The number of pyridine rings is 1. The number of hydrazine groups is 1. The van der Waals surface area contributed by atoms with Crippen LogP contribution in [-0.2, 0) is 0 Å². The summed E-state index contributed by atoms with van der Waals surface area (Å²) in [6, 6.07) is 1.93. The van der Waals surface area contributed by atoms with E-state index in [2.05, 4.69) is 4.98 Å². The Labute approximate surface area is 60.5 Å². The molecule has 0 saturated carbocycles. The molecule has 0 aliphatic heterocycles. The highest BCUT2D eigenvalue weighted by Crippen LogP contribution is 2.12. The summed E-state index contributed by atoms with van der Waals surface area (Å²) >= 11 is 0. The Morgan fingerprint density at radius 1 is 1.60 bits per heavy atom. The predicted molar refractivity (Wildman–Crippen MR) is 41.6 cm³/mol. The van der Waals surface area contributed by atoms with E-state index in [0.717, 1.165) is 11.3 Å². The molecule has 10 heavy (non-hydrogen) atoms. The van der Waals surface area contributed by atoms with Gasteiger partial charge in [0.25, 0.3) is 0 Å². The van der Waals surface area contributed by atoms with Crippen LogP contribution in [0.5, 0.6) is 0 Å². The molecule has 0 amide bonds. The van der Waals surface area contributed by atoms with Gasteiger partial charge in [-0.2, -0.15) is 0 Å². The van der Waals surface area contributed by atoms with E-state index in [0.29, 0.717) is 0 Å². The molecule has 0 fully saturated rings. The van der Waals surface area contributed by atoms with Crippen LogP contribution in [-0.4, -0.2) is 12.0 Å². The van der Waals surface area contributed by atoms with Gasteiger partial charge in [0.1, 0.15) is 0 Å². The second-order valence-corrected chi connectivity index (χ2v) is 2.27. The van der Waals surface area contributed by atoms with Crippen molar-refractivity contribution in [2.24, 2.45) is 5.84 Å². The van der Waals surface area contributed by atoms with Crippen LogP contribution in [0.4, 0.5) is 5.69 Å². The summed E-state index contributed by atoms with van der Waals surface area (Å²) < 4.78 is 0. The molecule has 0 aromatic carbocycles. The van der Waals surface area contributed by atoms with Gasteiger partial charge in [0, 0.05) is 13.2 Å². The molecule has 3 nitrogen and oxygen atoms in total. The van der Waals surface area contributed by atoms with Crippen LogP contribution in [0.25, 0.3) is 0 Å². The fourth-order valence-electron chi connectivity index (χ4n) is 0.825. The first kappa shape index (κ1) is 7.02. The number of aryl methyl sites for hydroxylation is 1. The number of nitrogens with zero attached hydrogens (tertiary/aromatic N) is 2. The van der Waals surface area contributed by atoms with E-state index in [1.807, 2.05) is 13.0 Å². The van der Waals surface area contributed by atoms with Crippen molar-refractivity contribution in [2.45, 2.75) is 6.92 Å². The van der Waals surface area contributed by atoms with Crippen molar-refractivity contribution < 1.29 is 0 Å². The van der Waals surface area contributed by atoms with Crippen LogP contribution in [0.3, 0.4) is 0 Å². The summed E-state index contributed by atoms with van der Waals surface area (Å²) in [5.74, 6) is 5.51. The van der Waals surface area contributed by atoms with Crippen molar-refractivity contribution in [3.8, 4) is 0 Å². The van der Waals surface area contributed by atoms with Gasteiger partial charge < -0.3 is 5.01 Å². The summed E-state index contributed by atoms with van der Waals surface area (Å²) in [5.41, 5.74) is 2.10.